The molecular formula is C21H23N5O2S. The molecule has 0 spiro atoms. The Morgan fingerprint density at radius 1 is 1.24 bits per heavy atom. The van der Waals surface area contributed by atoms with Gasteiger partial charge in [0, 0.05) is 24.5 Å². The van der Waals surface area contributed by atoms with Crippen LogP contribution >= 0.6 is 11.3 Å². The number of amides is 1. The first-order valence-corrected chi connectivity index (χ1v) is 10.4. The van der Waals surface area contributed by atoms with E-state index in [2.05, 4.69) is 22.3 Å². The predicted octanol–water partition coefficient (Wildman–Crippen LogP) is 3.86. The Kier molecular flexibility index (Phi) is 5.19. The van der Waals surface area contributed by atoms with Crippen molar-refractivity contribution < 1.29 is 9.21 Å². The van der Waals surface area contributed by atoms with E-state index in [1.54, 1.807) is 17.6 Å². The number of oxazole rings is 1. The molecule has 0 aromatic carbocycles. The maximum atomic E-state index is 12.4. The Labute approximate surface area is 172 Å². The summed E-state index contributed by atoms with van der Waals surface area (Å²) in [6, 6.07) is 3.91. The van der Waals surface area contributed by atoms with Crippen LogP contribution in [0.5, 0.6) is 0 Å². The average molecular weight is 410 g/mol. The minimum absolute atomic E-state index is 0.0209. The largest absolute Gasteiger partial charge is 0.443 e. The van der Waals surface area contributed by atoms with Gasteiger partial charge in [0.05, 0.1) is 22.8 Å². The van der Waals surface area contributed by atoms with Gasteiger partial charge in [-0.25, -0.2) is 9.97 Å². The number of rotatable bonds is 6. The Bertz CT molecular complexity index is 1170. The number of carbonyl (C=O) groups is 1. The molecule has 4 rings (SSSR count). The lowest BCUT2D eigenvalue weighted by atomic mass is 9.99. The van der Waals surface area contributed by atoms with Crippen LogP contribution in [0, 0.1) is 20.8 Å². The van der Waals surface area contributed by atoms with Crippen molar-refractivity contribution in [2.24, 2.45) is 7.05 Å². The van der Waals surface area contributed by atoms with Crippen molar-refractivity contribution in [3.63, 3.8) is 0 Å². The van der Waals surface area contributed by atoms with Crippen molar-refractivity contribution in [3.05, 3.63) is 52.0 Å². The van der Waals surface area contributed by atoms with Crippen molar-refractivity contribution in [1.82, 2.24) is 25.1 Å². The number of thiophene rings is 1. The third-order valence-electron chi connectivity index (χ3n) is 5.08. The first-order valence-electron chi connectivity index (χ1n) is 9.48. The summed E-state index contributed by atoms with van der Waals surface area (Å²) in [7, 11) is 1.90. The second-order valence-electron chi connectivity index (χ2n) is 7.11. The molecule has 0 aliphatic heterocycles. The van der Waals surface area contributed by atoms with Gasteiger partial charge in [-0.15, -0.1) is 11.3 Å². The average Bonchev–Trinajstić information content (AvgIpc) is 3.41. The normalized spacial score (nSPS) is 11.3. The zero-order chi connectivity index (χ0) is 20.5. The van der Waals surface area contributed by atoms with Crippen LogP contribution in [0.4, 0.5) is 0 Å². The standard InChI is InChI=1S/C21H23N5O2S/c1-12-16(13(2)23-20-19(12)14(3)25-26(20)4)7-8-18(27)22-10-15-11-28-21(24-15)17-6-5-9-29-17/h5-6,9,11H,7-8,10H2,1-4H3,(H,22,27). The molecule has 0 radical (unpaired) electrons. The fraction of sp³-hybridized carbons (Fsp3) is 0.333. The Balaban J connectivity index is 1.39. The van der Waals surface area contributed by atoms with Crippen LogP contribution in [0.15, 0.2) is 28.2 Å². The van der Waals surface area contributed by atoms with Gasteiger partial charge in [-0.3, -0.25) is 9.48 Å². The lowest BCUT2D eigenvalue weighted by molar-refractivity contribution is -0.121. The quantitative estimate of drug-likeness (QED) is 0.523. The summed E-state index contributed by atoms with van der Waals surface area (Å²) < 4.78 is 7.30. The van der Waals surface area contributed by atoms with Crippen molar-refractivity contribution in [3.8, 4) is 10.8 Å². The molecule has 29 heavy (non-hydrogen) atoms. The minimum atomic E-state index is -0.0209. The first kappa shape index (κ1) is 19.3. The zero-order valence-electron chi connectivity index (χ0n) is 16.9. The Morgan fingerprint density at radius 2 is 2.07 bits per heavy atom. The number of nitrogens with zero attached hydrogens (tertiary/aromatic N) is 4. The highest BCUT2D eigenvalue weighted by molar-refractivity contribution is 7.13. The van der Waals surface area contributed by atoms with Gasteiger partial charge in [0.2, 0.25) is 11.8 Å². The maximum Gasteiger partial charge on any atom is 0.236 e. The Morgan fingerprint density at radius 3 is 2.83 bits per heavy atom. The molecule has 0 aliphatic rings. The van der Waals surface area contributed by atoms with E-state index in [4.69, 9.17) is 9.40 Å². The zero-order valence-corrected chi connectivity index (χ0v) is 17.8. The SMILES string of the molecule is Cc1nc2c(c(C)nn2C)c(C)c1CCC(=O)NCc1coc(-c2cccs2)n1. The molecule has 1 amide bonds. The fourth-order valence-electron chi connectivity index (χ4n) is 3.65. The van der Waals surface area contributed by atoms with E-state index in [0.717, 1.165) is 38.4 Å². The summed E-state index contributed by atoms with van der Waals surface area (Å²) in [5, 5.41) is 10.5. The van der Waals surface area contributed by atoms with E-state index >= 15 is 0 Å². The van der Waals surface area contributed by atoms with Crippen molar-refractivity contribution in [2.45, 2.75) is 40.2 Å². The lowest BCUT2D eigenvalue weighted by Gasteiger charge is -2.11. The van der Waals surface area contributed by atoms with Crippen molar-refractivity contribution in [2.75, 3.05) is 0 Å². The summed E-state index contributed by atoms with van der Waals surface area (Å²) in [5.74, 6) is 0.564. The number of hydrogen-bond donors (Lipinski definition) is 1. The summed E-state index contributed by atoms with van der Waals surface area (Å²) in [5.41, 5.74) is 5.78. The van der Waals surface area contributed by atoms with E-state index in [9.17, 15) is 4.79 Å². The molecule has 0 unspecified atom stereocenters. The molecule has 1 N–H and O–H groups in total. The van der Waals surface area contributed by atoms with Crippen molar-refractivity contribution >= 4 is 28.3 Å². The van der Waals surface area contributed by atoms with Crippen LogP contribution in [-0.2, 0) is 24.8 Å². The van der Waals surface area contributed by atoms with Gasteiger partial charge in [-0.2, -0.15) is 5.10 Å². The number of hydrogen-bond acceptors (Lipinski definition) is 6. The third kappa shape index (κ3) is 3.80. The maximum absolute atomic E-state index is 12.4. The van der Waals surface area contributed by atoms with Crippen LogP contribution in [0.2, 0.25) is 0 Å². The summed E-state index contributed by atoms with van der Waals surface area (Å²) in [6.45, 7) is 6.42. The highest BCUT2D eigenvalue weighted by Crippen LogP contribution is 2.26. The Hall–Kier alpha value is -3.00. The highest BCUT2D eigenvalue weighted by Gasteiger charge is 2.16. The van der Waals surface area contributed by atoms with Gasteiger partial charge in [0.15, 0.2) is 5.65 Å². The lowest BCUT2D eigenvalue weighted by Crippen LogP contribution is -2.23. The summed E-state index contributed by atoms with van der Waals surface area (Å²) in [4.78, 5) is 22.5. The number of aromatic nitrogens is 4. The van der Waals surface area contributed by atoms with Gasteiger partial charge in [0.25, 0.3) is 0 Å². The van der Waals surface area contributed by atoms with Crippen LogP contribution in [-0.4, -0.2) is 25.7 Å². The smallest absolute Gasteiger partial charge is 0.236 e. The molecule has 0 bridgehead atoms. The van der Waals surface area contributed by atoms with Gasteiger partial charge in [-0.1, -0.05) is 6.07 Å². The van der Waals surface area contributed by atoms with E-state index in [0.29, 0.717) is 31.0 Å². The second kappa shape index (κ2) is 7.79. The predicted molar refractivity (Wildman–Crippen MR) is 113 cm³/mol. The molecule has 4 heterocycles. The molecule has 8 heteroatoms. The minimum Gasteiger partial charge on any atom is -0.443 e. The molecule has 0 saturated carbocycles. The van der Waals surface area contributed by atoms with Gasteiger partial charge in [-0.05, 0) is 49.8 Å². The van der Waals surface area contributed by atoms with E-state index in [1.807, 2.05) is 43.1 Å². The molecule has 0 aliphatic carbocycles. The third-order valence-corrected chi connectivity index (χ3v) is 5.94. The van der Waals surface area contributed by atoms with E-state index < -0.39 is 0 Å². The topological polar surface area (TPSA) is 85.8 Å². The molecule has 0 atom stereocenters. The van der Waals surface area contributed by atoms with Gasteiger partial charge < -0.3 is 9.73 Å². The summed E-state index contributed by atoms with van der Waals surface area (Å²) in [6.07, 6.45) is 2.62. The first-order chi connectivity index (χ1) is 13.9. The number of aryl methyl sites for hydroxylation is 4. The number of pyridine rings is 1. The molecule has 0 saturated heterocycles. The van der Waals surface area contributed by atoms with E-state index in [1.165, 1.54) is 0 Å². The molecule has 4 aromatic heterocycles. The van der Waals surface area contributed by atoms with Crippen LogP contribution in [0.1, 0.15) is 34.6 Å². The molecule has 7 nitrogen and oxygen atoms in total. The van der Waals surface area contributed by atoms with Crippen LogP contribution in [0.25, 0.3) is 21.8 Å². The number of carbonyl (C=O) groups excluding carboxylic acids is 1. The molecular weight excluding hydrogens is 386 g/mol. The van der Waals surface area contributed by atoms with Gasteiger partial charge in [0.1, 0.15) is 6.26 Å². The molecule has 0 fully saturated rings. The number of fused-ring (bicyclic) bond motifs is 1. The number of nitrogens with one attached hydrogen (secondary N) is 1. The molecule has 4 aromatic rings. The van der Waals surface area contributed by atoms with Gasteiger partial charge >= 0.3 is 0 Å². The monoisotopic (exact) mass is 409 g/mol. The summed E-state index contributed by atoms with van der Waals surface area (Å²) >= 11 is 1.57. The highest BCUT2D eigenvalue weighted by atomic mass is 32.1. The fourth-order valence-corrected chi connectivity index (χ4v) is 4.30. The molecule has 150 valence electrons. The van der Waals surface area contributed by atoms with Crippen LogP contribution < -0.4 is 5.32 Å². The van der Waals surface area contributed by atoms with E-state index in [-0.39, 0.29) is 5.91 Å². The van der Waals surface area contributed by atoms with Crippen molar-refractivity contribution in [1.29, 1.82) is 0 Å². The second-order valence-corrected chi connectivity index (χ2v) is 8.05. The van der Waals surface area contributed by atoms with Crippen LogP contribution in [0.3, 0.4) is 0 Å².